The lowest BCUT2D eigenvalue weighted by atomic mass is 10.1. The van der Waals surface area contributed by atoms with Crippen LogP contribution in [0.2, 0.25) is 0 Å². The van der Waals surface area contributed by atoms with Crippen LogP contribution in [0.25, 0.3) is 0 Å². The second-order valence-electron chi connectivity index (χ2n) is 2.87. The fraction of sp³-hybridized carbons (Fsp3) is 0.625. The molecule has 1 aromatic rings. The predicted molar refractivity (Wildman–Crippen MR) is 43.4 cm³/mol. The number of ether oxygens (including phenoxy) is 1. The Morgan fingerprint density at radius 2 is 2.36 bits per heavy atom. The highest BCUT2D eigenvalue weighted by Crippen LogP contribution is 2.16. The summed E-state index contributed by atoms with van der Waals surface area (Å²) in [4.78, 5) is 0. The van der Waals surface area contributed by atoms with E-state index in [2.05, 4.69) is 24.0 Å². The Morgan fingerprint density at radius 1 is 1.64 bits per heavy atom. The highest BCUT2D eigenvalue weighted by atomic mass is 16.5. The highest BCUT2D eigenvalue weighted by molar-refractivity contribution is 5.19. The van der Waals surface area contributed by atoms with E-state index in [0.29, 0.717) is 12.5 Å². The summed E-state index contributed by atoms with van der Waals surface area (Å²) in [5.41, 5.74) is 2.26. The molecule has 1 rings (SSSR count). The summed E-state index contributed by atoms with van der Waals surface area (Å²) < 4.78 is 4.99. The van der Waals surface area contributed by atoms with Gasteiger partial charge in [0.1, 0.15) is 0 Å². The molecule has 0 bridgehead atoms. The molecule has 0 aromatic carbocycles. The Kier molecular flexibility index (Phi) is 2.65. The van der Waals surface area contributed by atoms with Gasteiger partial charge < -0.3 is 4.74 Å². The number of aromatic amines is 1. The number of H-pyrrole nitrogens is 1. The third kappa shape index (κ3) is 1.80. The Balaban J connectivity index is 2.78. The normalized spacial score (nSPS) is 10.9. The van der Waals surface area contributed by atoms with Crippen molar-refractivity contribution < 1.29 is 4.74 Å². The first-order valence-corrected chi connectivity index (χ1v) is 3.77. The van der Waals surface area contributed by atoms with Gasteiger partial charge in [-0.2, -0.15) is 5.10 Å². The van der Waals surface area contributed by atoms with E-state index in [1.54, 1.807) is 7.11 Å². The van der Waals surface area contributed by atoms with E-state index >= 15 is 0 Å². The quantitative estimate of drug-likeness (QED) is 0.719. The molecule has 1 N–H and O–H groups in total. The fourth-order valence-corrected chi connectivity index (χ4v) is 1.08. The molecule has 0 amide bonds. The third-order valence-corrected chi connectivity index (χ3v) is 1.66. The van der Waals surface area contributed by atoms with Gasteiger partial charge in [-0.15, -0.1) is 0 Å². The summed E-state index contributed by atoms with van der Waals surface area (Å²) in [5.74, 6) is 0.513. The molecule has 0 aliphatic rings. The summed E-state index contributed by atoms with van der Waals surface area (Å²) in [5, 5.41) is 6.91. The molecule has 1 heterocycles. The van der Waals surface area contributed by atoms with E-state index < -0.39 is 0 Å². The molecule has 1 aromatic heterocycles. The minimum Gasteiger partial charge on any atom is -0.378 e. The van der Waals surface area contributed by atoms with Crippen LogP contribution in [0.4, 0.5) is 0 Å². The summed E-state index contributed by atoms with van der Waals surface area (Å²) >= 11 is 0. The topological polar surface area (TPSA) is 37.9 Å². The maximum atomic E-state index is 4.99. The van der Waals surface area contributed by atoms with Gasteiger partial charge in [-0.05, 0) is 11.5 Å². The number of hydrogen-bond acceptors (Lipinski definition) is 2. The van der Waals surface area contributed by atoms with Crippen molar-refractivity contribution >= 4 is 0 Å². The average Bonchev–Trinajstić information content (AvgIpc) is 2.36. The average molecular weight is 154 g/mol. The van der Waals surface area contributed by atoms with E-state index in [9.17, 15) is 0 Å². The number of nitrogens with zero attached hydrogens (tertiary/aromatic N) is 1. The van der Waals surface area contributed by atoms with Crippen LogP contribution in [0.15, 0.2) is 6.20 Å². The lowest BCUT2D eigenvalue weighted by molar-refractivity contribution is 0.180. The van der Waals surface area contributed by atoms with Gasteiger partial charge in [0.15, 0.2) is 0 Å². The van der Waals surface area contributed by atoms with Crippen molar-refractivity contribution in [2.24, 2.45) is 0 Å². The van der Waals surface area contributed by atoms with Gasteiger partial charge in [-0.25, -0.2) is 0 Å². The Bertz CT molecular complexity index is 218. The SMILES string of the molecule is COCc1n[nH]cc1C(C)C. The van der Waals surface area contributed by atoms with E-state index in [0.717, 1.165) is 5.69 Å². The first-order valence-electron chi connectivity index (χ1n) is 3.77. The van der Waals surface area contributed by atoms with Crippen LogP contribution in [0.3, 0.4) is 0 Å². The minimum atomic E-state index is 0.513. The Labute approximate surface area is 66.8 Å². The van der Waals surface area contributed by atoms with Crippen molar-refractivity contribution in [2.75, 3.05) is 7.11 Å². The molecule has 0 unspecified atom stereocenters. The van der Waals surface area contributed by atoms with Gasteiger partial charge in [0, 0.05) is 13.3 Å². The van der Waals surface area contributed by atoms with Gasteiger partial charge in [0.2, 0.25) is 0 Å². The van der Waals surface area contributed by atoms with E-state index in [1.165, 1.54) is 5.56 Å². The molecule has 3 nitrogen and oxygen atoms in total. The number of aromatic nitrogens is 2. The van der Waals surface area contributed by atoms with Crippen molar-refractivity contribution in [1.29, 1.82) is 0 Å². The second kappa shape index (κ2) is 3.53. The number of rotatable bonds is 3. The molecule has 0 radical (unpaired) electrons. The zero-order valence-electron chi connectivity index (χ0n) is 7.22. The summed E-state index contributed by atoms with van der Waals surface area (Å²) in [6, 6.07) is 0. The number of hydrogen-bond donors (Lipinski definition) is 1. The van der Waals surface area contributed by atoms with Crippen molar-refractivity contribution in [3.8, 4) is 0 Å². The van der Waals surface area contributed by atoms with E-state index in [4.69, 9.17) is 4.74 Å². The molecule has 0 atom stereocenters. The highest BCUT2D eigenvalue weighted by Gasteiger charge is 2.07. The lowest BCUT2D eigenvalue weighted by Gasteiger charge is -2.03. The largest absolute Gasteiger partial charge is 0.378 e. The first-order chi connectivity index (χ1) is 5.25. The van der Waals surface area contributed by atoms with Crippen LogP contribution in [-0.2, 0) is 11.3 Å². The van der Waals surface area contributed by atoms with Crippen LogP contribution in [-0.4, -0.2) is 17.3 Å². The smallest absolute Gasteiger partial charge is 0.0913 e. The summed E-state index contributed by atoms with van der Waals surface area (Å²) in [6.45, 7) is 4.88. The van der Waals surface area contributed by atoms with E-state index in [-0.39, 0.29) is 0 Å². The molecule has 0 aliphatic heterocycles. The van der Waals surface area contributed by atoms with Crippen LogP contribution < -0.4 is 0 Å². The van der Waals surface area contributed by atoms with Crippen LogP contribution >= 0.6 is 0 Å². The van der Waals surface area contributed by atoms with Gasteiger partial charge in [0.05, 0.1) is 12.3 Å². The second-order valence-corrected chi connectivity index (χ2v) is 2.87. The van der Waals surface area contributed by atoms with Gasteiger partial charge in [-0.3, -0.25) is 5.10 Å². The fourth-order valence-electron chi connectivity index (χ4n) is 1.08. The number of nitrogens with one attached hydrogen (secondary N) is 1. The first kappa shape index (κ1) is 8.27. The molecular weight excluding hydrogens is 140 g/mol. The Hall–Kier alpha value is -0.830. The molecule has 0 saturated carbocycles. The Morgan fingerprint density at radius 3 is 2.91 bits per heavy atom. The zero-order chi connectivity index (χ0) is 8.27. The molecule has 0 fully saturated rings. The molecule has 62 valence electrons. The molecular formula is C8H14N2O. The van der Waals surface area contributed by atoms with Crippen LogP contribution in [0.1, 0.15) is 31.0 Å². The molecule has 0 saturated heterocycles. The van der Waals surface area contributed by atoms with Crippen molar-refractivity contribution in [3.05, 3.63) is 17.5 Å². The van der Waals surface area contributed by atoms with Crippen molar-refractivity contribution in [2.45, 2.75) is 26.4 Å². The monoisotopic (exact) mass is 154 g/mol. The molecule has 0 aliphatic carbocycles. The molecule has 3 heteroatoms. The number of methoxy groups -OCH3 is 1. The molecule has 0 spiro atoms. The summed E-state index contributed by atoms with van der Waals surface area (Å²) in [6.07, 6.45) is 1.93. The van der Waals surface area contributed by atoms with Gasteiger partial charge in [0.25, 0.3) is 0 Å². The molecule has 11 heavy (non-hydrogen) atoms. The van der Waals surface area contributed by atoms with Crippen LogP contribution in [0.5, 0.6) is 0 Å². The standard InChI is InChI=1S/C8H14N2O/c1-6(2)7-4-9-10-8(7)5-11-3/h4,6H,5H2,1-3H3,(H,9,10). The van der Waals surface area contributed by atoms with Gasteiger partial charge in [-0.1, -0.05) is 13.8 Å². The maximum Gasteiger partial charge on any atom is 0.0913 e. The van der Waals surface area contributed by atoms with Crippen molar-refractivity contribution in [1.82, 2.24) is 10.2 Å². The van der Waals surface area contributed by atoms with Crippen molar-refractivity contribution in [3.63, 3.8) is 0 Å². The third-order valence-electron chi connectivity index (χ3n) is 1.66. The predicted octanol–water partition coefficient (Wildman–Crippen LogP) is 1.68. The summed E-state index contributed by atoms with van der Waals surface area (Å²) in [7, 11) is 1.68. The van der Waals surface area contributed by atoms with E-state index in [1.807, 2.05) is 6.20 Å². The van der Waals surface area contributed by atoms with Gasteiger partial charge >= 0.3 is 0 Å². The zero-order valence-corrected chi connectivity index (χ0v) is 7.22. The lowest BCUT2D eigenvalue weighted by Crippen LogP contribution is -1.95. The van der Waals surface area contributed by atoms with Crippen LogP contribution in [0, 0.1) is 0 Å². The maximum absolute atomic E-state index is 4.99. The minimum absolute atomic E-state index is 0.513.